The lowest BCUT2D eigenvalue weighted by molar-refractivity contribution is 0.164. The quantitative estimate of drug-likeness (QED) is 0.907. The number of nitrogens with one attached hydrogen (secondary N) is 1. The van der Waals surface area contributed by atoms with Gasteiger partial charge in [0.1, 0.15) is 11.3 Å². The van der Waals surface area contributed by atoms with Crippen LogP contribution in [0.5, 0.6) is 0 Å². The normalized spacial score (nSPS) is 20.2. The Morgan fingerprint density at radius 1 is 1.33 bits per heavy atom. The Balaban J connectivity index is 1.86. The molecule has 114 valence electrons. The Morgan fingerprint density at radius 3 is 3.00 bits per heavy atom. The number of hydrogen-bond donors (Lipinski definition) is 1. The SMILES string of the molecule is CCC1CCCN(Cc2c(CNC)oc3ccccc23)C1. The second-order valence-corrected chi connectivity index (χ2v) is 6.18. The number of benzene rings is 1. The number of para-hydroxylation sites is 1. The predicted octanol–water partition coefficient (Wildman–Crippen LogP) is 3.77. The molecule has 3 heteroatoms. The molecule has 0 aliphatic carbocycles. The van der Waals surface area contributed by atoms with Crippen molar-refractivity contribution in [2.24, 2.45) is 5.92 Å². The van der Waals surface area contributed by atoms with Crippen LogP contribution in [0.2, 0.25) is 0 Å². The Kier molecular flexibility index (Phi) is 4.61. The van der Waals surface area contributed by atoms with Crippen LogP contribution in [0.3, 0.4) is 0 Å². The number of piperidine rings is 1. The molecule has 21 heavy (non-hydrogen) atoms. The van der Waals surface area contributed by atoms with Crippen molar-refractivity contribution >= 4 is 11.0 Å². The van der Waals surface area contributed by atoms with Crippen molar-refractivity contribution < 1.29 is 4.42 Å². The van der Waals surface area contributed by atoms with E-state index in [1.165, 1.54) is 43.3 Å². The fraction of sp³-hybridized carbons (Fsp3) is 0.556. The third kappa shape index (κ3) is 3.14. The summed E-state index contributed by atoms with van der Waals surface area (Å²) >= 11 is 0. The van der Waals surface area contributed by atoms with Crippen molar-refractivity contribution in [1.29, 1.82) is 0 Å². The summed E-state index contributed by atoms with van der Waals surface area (Å²) in [6.45, 7) is 6.58. The predicted molar refractivity (Wildman–Crippen MR) is 87.3 cm³/mol. The van der Waals surface area contributed by atoms with E-state index >= 15 is 0 Å². The van der Waals surface area contributed by atoms with Gasteiger partial charge in [-0.15, -0.1) is 0 Å². The first-order valence-electron chi connectivity index (χ1n) is 8.18. The third-order valence-corrected chi connectivity index (χ3v) is 4.68. The maximum Gasteiger partial charge on any atom is 0.134 e. The topological polar surface area (TPSA) is 28.4 Å². The first-order valence-corrected chi connectivity index (χ1v) is 8.18. The highest BCUT2D eigenvalue weighted by molar-refractivity contribution is 5.82. The van der Waals surface area contributed by atoms with E-state index in [9.17, 15) is 0 Å². The first kappa shape index (κ1) is 14.6. The third-order valence-electron chi connectivity index (χ3n) is 4.68. The molecule has 3 rings (SSSR count). The van der Waals surface area contributed by atoms with Crippen LogP contribution in [0.25, 0.3) is 11.0 Å². The number of hydrogen-bond acceptors (Lipinski definition) is 3. The molecule has 1 atom stereocenters. The fourth-order valence-electron chi connectivity index (χ4n) is 3.48. The van der Waals surface area contributed by atoms with E-state index in [0.29, 0.717) is 0 Å². The molecule has 0 radical (unpaired) electrons. The molecule has 1 aromatic carbocycles. The minimum atomic E-state index is 0.801. The summed E-state index contributed by atoms with van der Waals surface area (Å²) in [5, 5.41) is 4.51. The summed E-state index contributed by atoms with van der Waals surface area (Å²) in [5.41, 5.74) is 2.39. The number of fused-ring (bicyclic) bond motifs is 1. The van der Waals surface area contributed by atoms with Gasteiger partial charge in [0.15, 0.2) is 0 Å². The molecule has 1 aliphatic rings. The minimum Gasteiger partial charge on any atom is -0.459 e. The summed E-state index contributed by atoms with van der Waals surface area (Å²) in [6.07, 6.45) is 4.02. The molecule has 2 heterocycles. The lowest BCUT2D eigenvalue weighted by Crippen LogP contribution is -2.34. The molecule has 0 bridgehead atoms. The minimum absolute atomic E-state index is 0.801. The van der Waals surface area contributed by atoms with Gasteiger partial charge in [-0.25, -0.2) is 0 Å². The monoisotopic (exact) mass is 286 g/mol. The van der Waals surface area contributed by atoms with Crippen LogP contribution in [-0.2, 0) is 13.1 Å². The van der Waals surface area contributed by atoms with E-state index in [-0.39, 0.29) is 0 Å². The van der Waals surface area contributed by atoms with E-state index in [2.05, 4.69) is 35.3 Å². The van der Waals surface area contributed by atoms with E-state index in [4.69, 9.17) is 4.42 Å². The van der Waals surface area contributed by atoms with E-state index in [1.54, 1.807) is 0 Å². The van der Waals surface area contributed by atoms with Gasteiger partial charge in [-0.2, -0.15) is 0 Å². The molecule has 1 saturated heterocycles. The van der Waals surface area contributed by atoms with Crippen molar-refractivity contribution in [3.8, 4) is 0 Å². The number of rotatable bonds is 5. The molecule has 1 aliphatic heterocycles. The molecule has 1 N–H and O–H groups in total. The van der Waals surface area contributed by atoms with Crippen LogP contribution in [0.15, 0.2) is 28.7 Å². The fourth-order valence-corrected chi connectivity index (χ4v) is 3.48. The summed E-state index contributed by atoms with van der Waals surface area (Å²) < 4.78 is 6.05. The molecule has 0 saturated carbocycles. The zero-order chi connectivity index (χ0) is 14.7. The summed E-state index contributed by atoms with van der Waals surface area (Å²) in [5.74, 6) is 1.96. The van der Waals surface area contributed by atoms with Crippen LogP contribution in [0, 0.1) is 5.92 Å². The lowest BCUT2D eigenvalue weighted by Gasteiger charge is -2.32. The van der Waals surface area contributed by atoms with Crippen LogP contribution in [0.4, 0.5) is 0 Å². The Morgan fingerprint density at radius 2 is 2.19 bits per heavy atom. The van der Waals surface area contributed by atoms with Crippen molar-refractivity contribution in [3.05, 3.63) is 35.6 Å². The first-order chi connectivity index (χ1) is 10.3. The Bertz CT molecular complexity index is 590. The van der Waals surface area contributed by atoms with Crippen LogP contribution < -0.4 is 5.32 Å². The average molecular weight is 286 g/mol. The van der Waals surface area contributed by atoms with Gasteiger partial charge in [-0.05, 0) is 38.4 Å². The van der Waals surface area contributed by atoms with Crippen LogP contribution in [0.1, 0.15) is 37.5 Å². The van der Waals surface area contributed by atoms with E-state index < -0.39 is 0 Å². The van der Waals surface area contributed by atoms with Gasteiger partial charge in [0.25, 0.3) is 0 Å². The summed E-state index contributed by atoms with van der Waals surface area (Å²) in [4.78, 5) is 2.61. The molecule has 1 aromatic heterocycles. The van der Waals surface area contributed by atoms with Crippen molar-refractivity contribution in [2.45, 2.75) is 39.3 Å². The number of furan rings is 1. The molecule has 1 fully saturated rings. The number of nitrogens with zero attached hydrogens (tertiary/aromatic N) is 1. The smallest absolute Gasteiger partial charge is 0.134 e. The average Bonchev–Trinajstić information content (AvgIpc) is 2.86. The van der Waals surface area contributed by atoms with Gasteiger partial charge >= 0.3 is 0 Å². The van der Waals surface area contributed by atoms with Gasteiger partial charge < -0.3 is 9.73 Å². The van der Waals surface area contributed by atoms with Crippen molar-refractivity contribution in [3.63, 3.8) is 0 Å². The maximum absolute atomic E-state index is 6.05. The molecule has 2 aromatic rings. The van der Waals surface area contributed by atoms with Crippen molar-refractivity contribution in [2.75, 3.05) is 20.1 Å². The molecular weight excluding hydrogens is 260 g/mol. The highest BCUT2D eigenvalue weighted by Crippen LogP contribution is 2.29. The largest absolute Gasteiger partial charge is 0.459 e. The second-order valence-electron chi connectivity index (χ2n) is 6.18. The zero-order valence-corrected chi connectivity index (χ0v) is 13.2. The van der Waals surface area contributed by atoms with Gasteiger partial charge in [0, 0.05) is 24.0 Å². The standard InChI is InChI=1S/C18H26N2O/c1-3-14-7-6-10-20(12-14)13-16-15-8-4-5-9-17(15)21-18(16)11-19-2/h4-5,8-9,14,19H,3,6-7,10-13H2,1-2H3. The highest BCUT2D eigenvalue weighted by Gasteiger charge is 2.21. The molecule has 0 amide bonds. The second kappa shape index (κ2) is 6.63. The molecule has 1 unspecified atom stereocenters. The number of likely N-dealkylation sites (tertiary alicyclic amines) is 1. The van der Waals surface area contributed by atoms with Crippen LogP contribution >= 0.6 is 0 Å². The van der Waals surface area contributed by atoms with Gasteiger partial charge in [-0.1, -0.05) is 31.5 Å². The summed E-state index contributed by atoms with van der Waals surface area (Å²) in [7, 11) is 1.98. The summed E-state index contributed by atoms with van der Waals surface area (Å²) in [6, 6.07) is 8.42. The molecule has 3 nitrogen and oxygen atoms in total. The molecular formula is C18H26N2O. The Hall–Kier alpha value is -1.32. The lowest BCUT2D eigenvalue weighted by atomic mass is 9.95. The highest BCUT2D eigenvalue weighted by atomic mass is 16.3. The van der Waals surface area contributed by atoms with E-state index in [1.807, 2.05) is 13.1 Å². The van der Waals surface area contributed by atoms with Crippen LogP contribution in [-0.4, -0.2) is 25.0 Å². The van der Waals surface area contributed by atoms with E-state index in [0.717, 1.165) is 30.4 Å². The zero-order valence-electron chi connectivity index (χ0n) is 13.2. The van der Waals surface area contributed by atoms with Gasteiger partial charge in [0.2, 0.25) is 0 Å². The van der Waals surface area contributed by atoms with Gasteiger partial charge in [-0.3, -0.25) is 4.90 Å². The van der Waals surface area contributed by atoms with Crippen molar-refractivity contribution in [1.82, 2.24) is 10.2 Å². The Labute approximate surface area is 127 Å². The maximum atomic E-state index is 6.05. The molecule has 0 spiro atoms. The van der Waals surface area contributed by atoms with Gasteiger partial charge in [0.05, 0.1) is 6.54 Å².